The standard InChI is InChI=1S/C14H19N9O4S3/c15-3-7(16)4-22-30(26,27)10-2-1-8(9-5-19-14(17)28-9)11(12(10)29(18,24)25)13-20-6-21-23-13/h1-2,5,7,22H,3-4,6,15-16H2,(H2,17,19)(H2,18,24,25)/t7-/m0/s1. The highest BCUT2D eigenvalue weighted by Crippen LogP contribution is 2.37. The normalized spacial score (nSPS) is 15.4. The molecule has 0 bridgehead atoms. The molecule has 0 spiro atoms. The van der Waals surface area contributed by atoms with Gasteiger partial charge in [0.15, 0.2) is 17.6 Å². The van der Waals surface area contributed by atoms with Crippen molar-refractivity contribution in [3.8, 4) is 10.4 Å². The molecule has 2 aromatic rings. The predicted octanol–water partition coefficient (Wildman–Crippen LogP) is -1.23. The van der Waals surface area contributed by atoms with Crippen molar-refractivity contribution in [3.05, 3.63) is 23.9 Å². The van der Waals surface area contributed by atoms with E-state index in [2.05, 4.69) is 24.9 Å². The largest absolute Gasteiger partial charge is 0.375 e. The van der Waals surface area contributed by atoms with E-state index in [9.17, 15) is 16.8 Å². The van der Waals surface area contributed by atoms with Gasteiger partial charge in [0.2, 0.25) is 20.0 Å². The lowest BCUT2D eigenvalue weighted by molar-refractivity contribution is 0.563. The third kappa shape index (κ3) is 4.53. The van der Waals surface area contributed by atoms with Crippen LogP contribution in [0.1, 0.15) is 5.56 Å². The maximum absolute atomic E-state index is 12.9. The second kappa shape index (κ2) is 8.42. The number of nitrogens with two attached hydrogens (primary N) is 4. The maximum Gasteiger partial charge on any atom is 0.241 e. The quantitative estimate of drug-likeness (QED) is 0.310. The van der Waals surface area contributed by atoms with Gasteiger partial charge in [-0.05, 0) is 6.07 Å². The van der Waals surface area contributed by atoms with E-state index in [1.54, 1.807) is 0 Å². The summed E-state index contributed by atoms with van der Waals surface area (Å²) in [6.07, 6.45) is 1.42. The van der Waals surface area contributed by atoms with Gasteiger partial charge in [0, 0.05) is 30.9 Å². The molecule has 162 valence electrons. The van der Waals surface area contributed by atoms with Gasteiger partial charge in [-0.15, -0.1) is 5.11 Å². The Bertz CT molecular complexity index is 1240. The van der Waals surface area contributed by atoms with E-state index < -0.39 is 35.9 Å². The zero-order chi connectivity index (χ0) is 22.1. The first-order valence-electron chi connectivity index (χ1n) is 8.33. The van der Waals surface area contributed by atoms with Gasteiger partial charge in [0.25, 0.3) is 0 Å². The molecule has 1 aliphatic rings. The zero-order valence-electron chi connectivity index (χ0n) is 15.4. The second-order valence-corrected chi connectivity index (χ2v) is 10.4. The third-order valence-electron chi connectivity index (χ3n) is 4.00. The number of amidine groups is 1. The summed E-state index contributed by atoms with van der Waals surface area (Å²) in [6.45, 7) is -0.213. The maximum atomic E-state index is 12.9. The summed E-state index contributed by atoms with van der Waals surface area (Å²) in [5, 5.41) is 13.2. The van der Waals surface area contributed by atoms with Crippen LogP contribution in [0.15, 0.2) is 43.3 Å². The average Bonchev–Trinajstić information content (AvgIpc) is 3.36. The minimum atomic E-state index is -4.56. The molecule has 30 heavy (non-hydrogen) atoms. The highest BCUT2D eigenvalue weighted by molar-refractivity contribution is 7.92. The Hall–Kier alpha value is -2.34. The van der Waals surface area contributed by atoms with Gasteiger partial charge in [-0.2, -0.15) is 5.11 Å². The molecule has 1 atom stereocenters. The number of primary sulfonamides is 1. The van der Waals surface area contributed by atoms with Gasteiger partial charge in [0.05, 0.1) is 10.4 Å². The smallest absolute Gasteiger partial charge is 0.241 e. The van der Waals surface area contributed by atoms with E-state index in [4.69, 9.17) is 22.3 Å². The fraction of sp³-hybridized carbons (Fsp3) is 0.286. The minimum Gasteiger partial charge on any atom is -0.375 e. The molecule has 1 aliphatic heterocycles. The lowest BCUT2D eigenvalue weighted by Gasteiger charge is -2.17. The highest BCUT2D eigenvalue weighted by Gasteiger charge is 2.33. The van der Waals surface area contributed by atoms with E-state index in [0.717, 1.165) is 17.4 Å². The number of hydrogen-bond acceptors (Lipinski definition) is 12. The van der Waals surface area contributed by atoms with Gasteiger partial charge in [-0.25, -0.2) is 36.7 Å². The molecule has 13 nitrogen and oxygen atoms in total. The number of rotatable bonds is 8. The molecule has 2 heterocycles. The number of thiazole rings is 1. The number of azo groups is 1. The Labute approximate surface area is 176 Å². The van der Waals surface area contributed by atoms with Crippen LogP contribution in [-0.2, 0) is 20.0 Å². The van der Waals surface area contributed by atoms with Crippen LogP contribution in [0, 0.1) is 0 Å². The molecule has 0 saturated heterocycles. The number of aliphatic imine (C=N–C) groups is 1. The Morgan fingerprint density at radius 2 is 1.97 bits per heavy atom. The van der Waals surface area contributed by atoms with Crippen molar-refractivity contribution in [2.45, 2.75) is 15.8 Å². The molecule has 0 unspecified atom stereocenters. The number of hydrogen-bond donors (Lipinski definition) is 5. The Morgan fingerprint density at radius 3 is 2.50 bits per heavy atom. The first-order valence-corrected chi connectivity index (χ1v) is 12.2. The van der Waals surface area contributed by atoms with Gasteiger partial charge >= 0.3 is 0 Å². The molecule has 1 aromatic heterocycles. The molecular weight excluding hydrogens is 454 g/mol. The minimum absolute atomic E-state index is 0.0265. The van der Waals surface area contributed by atoms with Gasteiger partial charge in [0.1, 0.15) is 9.79 Å². The number of aromatic nitrogens is 1. The molecule has 9 N–H and O–H groups in total. The Kier molecular flexibility index (Phi) is 6.27. The summed E-state index contributed by atoms with van der Waals surface area (Å²) < 4.78 is 53.1. The highest BCUT2D eigenvalue weighted by atomic mass is 32.2. The molecule has 0 radical (unpaired) electrons. The summed E-state index contributed by atoms with van der Waals surface area (Å²) in [5.74, 6) is -0.0725. The molecule has 16 heteroatoms. The molecule has 1 aromatic carbocycles. The molecule has 3 rings (SSSR count). The predicted molar refractivity (Wildman–Crippen MR) is 112 cm³/mol. The fourth-order valence-electron chi connectivity index (χ4n) is 2.63. The number of nitrogens with zero attached hydrogens (tertiary/aromatic N) is 4. The van der Waals surface area contributed by atoms with Crippen molar-refractivity contribution >= 4 is 42.4 Å². The summed E-state index contributed by atoms with van der Waals surface area (Å²) in [7, 11) is -8.89. The van der Waals surface area contributed by atoms with Crippen LogP contribution >= 0.6 is 11.3 Å². The van der Waals surface area contributed by atoms with Crippen LogP contribution in [-0.4, -0.2) is 53.5 Å². The number of sulfonamides is 2. The summed E-state index contributed by atoms with van der Waals surface area (Å²) in [4.78, 5) is 7.23. The molecule has 0 saturated carbocycles. The van der Waals surface area contributed by atoms with Crippen molar-refractivity contribution < 1.29 is 16.8 Å². The number of nitrogen functional groups attached to an aromatic ring is 1. The summed E-state index contributed by atoms with van der Waals surface area (Å²) in [6, 6.07) is 1.87. The van der Waals surface area contributed by atoms with Crippen LogP contribution in [0.25, 0.3) is 10.4 Å². The monoisotopic (exact) mass is 473 g/mol. The third-order valence-corrected chi connectivity index (χ3v) is 7.44. The van der Waals surface area contributed by atoms with Gasteiger partial charge < -0.3 is 17.2 Å². The number of benzene rings is 1. The first kappa shape index (κ1) is 22.3. The van der Waals surface area contributed by atoms with Gasteiger partial charge in [-0.1, -0.05) is 17.4 Å². The topological polar surface area (TPSA) is 234 Å². The molecule has 0 aliphatic carbocycles. The molecule has 0 fully saturated rings. The average molecular weight is 474 g/mol. The van der Waals surface area contributed by atoms with E-state index >= 15 is 0 Å². The van der Waals surface area contributed by atoms with Crippen LogP contribution in [0.5, 0.6) is 0 Å². The first-order chi connectivity index (χ1) is 14.0. The van der Waals surface area contributed by atoms with Crippen LogP contribution in [0.3, 0.4) is 0 Å². The van der Waals surface area contributed by atoms with Crippen LogP contribution in [0.2, 0.25) is 0 Å². The van der Waals surface area contributed by atoms with Crippen molar-refractivity contribution in [3.63, 3.8) is 0 Å². The fourth-order valence-corrected chi connectivity index (χ4v) is 6.04. The van der Waals surface area contributed by atoms with E-state index in [0.29, 0.717) is 10.4 Å². The van der Waals surface area contributed by atoms with E-state index in [-0.39, 0.29) is 36.3 Å². The SMILES string of the molecule is NC[C@H](N)CNS(=O)(=O)c1ccc(-c2cnc(N)s2)c(C2=NCN=N2)c1S(N)(=O)=O. The van der Waals surface area contributed by atoms with Crippen molar-refractivity contribution in [1.29, 1.82) is 0 Å². The van der Waals surface area contributed by atoms with Gasteiger partial charge in [-0.3, -0.25) is 0 Å². The summed E-state index contributed by atoms with van der Waals surface area (Å²) in [5.41, 5.74) is 16.9. The molecular formula is C14H19N9O4S3. The van der Waals surface area contributed by atoms with Crippen molar-refractivity contribution in [2.24, 2.45) is 31.8 Å². The van der Waals surface area contributed by atoms with E-state index in [1.165, 1.54) is 12.3 Å². The zero-order valence-corrected chi connectivity index (χ0v) is 17.8. The van der Waals surface area contributed by atoms with Crippen LogP contribution < -0.4 is 27.1 Å². The second-order valence-electron chi connectivity index (χ2n) is 6.14. The van der Waals surface area contributed by atoms with Crippen LogP contribution in [0.4, 0.5) is 5.13 Å². The molecule has 0 amide bonds. The van der Waals surface area contributed by atoms with E-state index in [1.807, 2.05) is 0 Å². The summed E-state index contributed by atoms with van der Waals surface area (Å²) >= 11 is 1.07. The lowest BCUT2D eigenvalue weighted by Crippen LogP contribution is -2.42. The van der Waals surface area contributed by atoms with Crippen molar-refractivity contribution in [1.82, 2.24) is 9.71 Å². The lowest BCUT2D eigenvalue weighted by atomic mass is 10.1. The number of nitrogens with one attached hydrogen (secondary N) is 1. The Balaban J connectivity index is 2.30. The number of anilines is 1. The van der Waals surface area contributed by atoms with Crippen molar-refractivity contribution in [2.75, 3.05) is 25.5 Å². The Morgan fingerprint density at radius 1 is 1.23 bits per heavy atom.